The maximum absolute atomic E-state index is 12.6. The van der Waals surface area contributed by atoms with E-state index in [0.717, 1.165) is 19.3 Å². The zero-order valence-corrected chi connectivity index (χ0v) is 23.0. The quantitative estimate of drug-likeness (QED) is 0.277. The highest BCUT2D eigenvalue weighted by Crippen LogP contribution is 2.36. The molecule has 1 aliphatic carbocycles. The minimum absolute atomic E-state index is 0.00160. The maximum atomic E-state index is 12.6. The molecule has 4 aliphatic rings. The standard InChI is InChI=1S/C27H46O12/c1-4-15(29)16-9-5-6-11-34-25-24(36-16)20(31)18(12-28)38-27(25)37-17-10-7-8-13(2)23(17)39-26-22(33)21(32)19(30)14(3)35-26/h13-14,16-28,30-33H,4-12H2,1-3H3/t13-,14?,16-,17-,18?,19-,20+,21?,22+,23?,24?,25?,26+,27-/m1/s1. The predicted octanol–water partition coefficient (Wildman–Crippen LogP) is -0.216. The van der Waals surface area contributed by atoms with Crippen molar-refractivity contribution in [3.05, 3.63) is 0 Å². The van der Waals surface area contributed by atoms with Crippen LogP contribution in [0, 0.1) is 5.92 Å². The fourth-order valence-electron chi connectivity index (χ4n) is 6.01. The van der Waals surface area contributed by atoms with Crippen LogP contribution in [-0.2, 0) is 33.2 Å². The number of carbonyl (C=O) groups is 1. The van der Waals surface area contributed by atoms with Gasteiger partial charge in [0.25, 0.3) is 0 Å². The first kappa shape index (κ1) is 31.2. The average molecular weight is 563 g/mol. The third-order valence-corrected chi connectivity index (χ3v) is 8.48. The number of aliphatic hydroxyl groups excluding tert-OH is 5. The Morgan fingerprint density at radius 2 is 1.59 bits per heavy atom. The number of fused-ring (bicyclic) bond motifs is 1. The van der Waals surface area contributed by atoms with Gasteiger partial charge in [0, 0.05) is 13.0 Å². The van der Waals surface area contributed by atoms with Crippen molar-refractivity contribution in [1.29, 1.82) is 0 Å². The predicted molar refractivity (Wildman–Crippen MR) is 134 cm³/mol. The van der Waals surface area contributed by atoms with Gasteiger partial charge in [0.15, 0.2) is 18.4 Å². The van der Waals surface area contributed by atoms with Crippen LogP contribution in [0.1, 0.15) is 65.7 Å². The minimum atomic E-state index is -1.45. The van der Waals surface area contributed by atoms with Crippen molar-refractivity contribution in [2.24, 2.45) is 5.92 Å². The van der Waals surface area contributed by atoms with Crippen molar-refractivity contribution in [2.45, 2.75) is 145 Å². The van der Waals surface area contributed by atoms with Crippen molar-refractivity contribution >= 4 is 5.78 Å². The lowest BCUT2D eigenvalue weighted by molar-refractivity contribution is -0.351. The van der Waals surface area contributed by atoms with E-state index in [9.17, 15) is 30.3 Å². The summed E-state index contributed by atoms with van der Waals surface area (Å²) < 4.78 is 36.6. The highest BCUT2D eigenvalue weighted by Gasteiger charge is 2.51. The van der Waals surface area contributed by atoms with Crippen LogP contribution in [-0.4, -0.2) is 124 Å². The molecule has 4 fully saturated rings. The SMILES string of the molecule is CCC(=O)[C@H]1CCCCOC2C(O1)[C@@H](O)C(CO)O[C@H]2O[C@@H]1CCC[C@@H](C)C1O[C@@H]1OC(C)[C@@H](O)C(O)[C@@H]1O. The molecule has 0 bridgehead atoms. The number of hydrogen-bond acceptors (Lipinski definition) is 12. The molecule has 3 saturated heterocycles. The second kappa shape index (κ2) is 13.9. The van der Waals surface area contributed by atoms with Crippen LogP contribution in [0.2, 0.25) is 0 Å². The van der Waals surface area contributed by atoms with Gasteiger partial charge >= 0.3 is 0 Å². The molecule has 6 unspecified atom stereocenters. The Hall–Kier alpha value is -0.770. The van der Waals surface area contributed by atoms with E-state index in [4.69, 9.17) is 28.4 Å². The highest BCUT2D eigenvalue weighted by molar-refractivity contribution is 5.82. The normalized spacial score (nSPS) is 47.9. The lowest BCUT2D eigenvalue weighted by atomic mass is 9.85. The molecule has 14 atom stereocenters. The first-order valence-corrected chi connectivity index (χ1v) is 14.4. The smallest absolute Gasteiger partial charge is 0.187 e. The van der Waals surface area contributed by atoms with Gasteiger partial charge in [0.05, 0.1) is 24.9 Å². The fourth-order valence-corrected chi connectivity index (χ4v) is 6.01. The molecule has 1 saturated carbocycles. The van der Waals surface area contributed by atoms with Crippen LogP contribution < -0.4 is 0 Å². The van der Waals surface area contributed by atoms with E-state index in [2.05, 4.69) is 0 Å². The van der Waals surface area contributed by atoms with Crippen molar-refractivity contribution in [2.75, 3.05) is 13.2 Å². The molecule has 3 aliphatic heterocycles. The van der Waals surface area contributed by atoms with E-state index >= 15 is 0 Å². The first-order valence-electron chi connectivity index (χ1n) is 14.4. The average Bonchev–Trinajstić information content (AvgIpc) is 3.04. The number of carbonyl (C=O) groups excluding carboxylic acids is 1. The topological polar surface area (TPSA) is 174 Å². The summed E-state index contributed by atoms with van der Waals surface area (Å²) in [5.74, 6) is -0.0591. The van der Waals surface area contributed by atoms with E-state index in [1.54, 1.807) is 13.8 Å². The second-order valence-electron chi connectivity index (χ2n) is 11.3. The summed E-state index contributed by atoms with van der Waals surface area (Å²) in [7, 11) is 0. The van der Waals surface area contributed by atoms with Crippen LogP contribution >= 0.6 is 0 Å². The zero-order chi connectivity index (χ0) is 28.3. The molecule has 12 nitrogen and oxygen atoms in total. The summed E-state index contributed by atoms with van der Waals surface area (Å²) in [5, 5.41) is 51.8. The van der Waals surface area contributed by atoms with E-state index < -0.39 is 86.3 Å². The van der Waals surface area contributed by atoms with E-state index in [1.807, 2.05) is 6.92 Å². The molecule has 0 amide bonds. The monoisotopic (exact) mass is 562 g/mol. The van der Waals surface area contributed by atoms with Gasteiger partial charge in [-0.1, -0.05) is 20.3 Å². The number of ether oxygens (including phenoxy) is 6. The first-order chi connectivity index (χ1) is 18.7. The number of aliphatic hydroxyl groups is 5. The summed E-state index contributed by atoms with van der Waals surface area (Å²) in [5.41, 5.74) is 0. The third kappa shape index (κ3) is 7.00. The lowest BCUT2D eigenvalue weighted by Gasteiger charge is -2.47. The van der Waals surface area contributed by atoms with Gasteiger partial charge in [-0.15, -0.1) is 0 Å². The van der Waals surface area contributed by atoms with E-state index in [0.29, 0.717) is 32.3 Å². The number of ketones is 1. The molecule has 4 rings (SSSR count). The van der Waals surface area contributed by atoms with Gasteiger partial charge in [-0.05, 0) is 44.9 Å². The van der Waals surface area contributed by atoms with Crippen LogP contribution in [0.25, 0.3) is 0 Å². The van der Waals surface area contributed by atoms with Crippen molar-refractivity contribution in [3.63, 3.8) is 0 Å². The van der Waals surface area contributed by atoms with Crippen molar-refractivity contribution < 1.29 is 58.7 Å². The van der Waals surface area contributed by atoms with E-state index in [1.165, 1.54) is 0 Å². The van der Waals surface area contributed by atoms with Gasteiger partial charge in [-0.25, -0.2) is 0 Å². The zero-order valence-electron chi connectivity index (χ0n) is 23.0. The van der Waals surface area contributed by atoms with E-state index in [-0.39, 0.29) is 11.7 Å². The van der Waals surface area contributed by atoms with Gasteiger partial charge in [-0.3, -0.25) is 4.79 Å². The Labute approximate surface area is 229 Å². The molecule has 0 aromatic heterocycles. The van der Waals surface area contributed by atoms with Crippen molar-refractivity contribution in [1.82, 2.24) is 0 Å². The maximum Gasteiger partial charge on any atom is 0.187 e. The van der Waals surface area contributed by atoms with Crippen LogP contribution in [0.15, 0.2) is 0 Å². The molecular formula is C27H46O12. The Balaban J connectivity index is 1.54. The Morgan fingerprint density at radius 1 is 0.821 bits per heavy atom. The molecule has 12 heteroatoms. The highest BCUT2D eigenvalue weighted by atomic mass is 16.7. The number of rotatable bonds is 7. The molecule has 3 heterocycles. The Bertz CT molecular complexity index is 784. The minimum Gasteiger partial charge on any atom is -0.394 e. The molecule has 0 aromatic carbocycles. The molecule has 0 spiro atoms. The summed E-state index contributed by atoms with van der Waals surface area (Å²) in [6, 6.07) is 0. The second-order valence-corrected chi connectivity index (χ2v) is 11.3. The largest absolute Gasteiger partial charge is 0.394 e. The van der Waals surface area contributed by atoms with Crippen molar-refractivity contribution in [3.8, 4) is 0 Å². The number of hydrogen-bond donors (Lipinski definition) is 5. The molecule has 0 aromatic rings. The van der Waals surface area contributed by atoms with Gasteiger partial charge in [0.1, 0.15) is 48.8 Å². The molecular weight excluding hydrogens is 516 g/mol. The molecule has 39 heavy (non-hydrogen) atoms. The van der Waals surface area contributed by atoms with Gasteiger partial charge < -0.3 is 54.0 Å². The molecule has 0 radical (unpaired) electrons. The summed E-state index contributed by atoms with van der Waals surface area (Å²) in [6.07, 6.45) is -8.40. The summed E-state index contributed by atoms with van der Waals surface area (Å²) >= 11 is 0. The van der Waals surface area contributed by atoms with Gasteiger partial charge in [0.2, 0.25) is 0 Å². The number of Topliss-reactive ketones (excluding diaryl/α,β-unsaturated/α-hetero) is 1. The summed E-state index contributed by atoms with van der Waals surface area (Å²) in [4.78, 5) is 12.6. The van der Waals surface area contributed by atoms with Crippen LogP contribution in [0.5, 0.6) is 0 Å². The fraction of sp³-hybridized carbons (Fsp3) is 0.963. The Kier molecular flexibility index (Phi) is 11.1. The van der Waals surface area contributed by atoms with Crippen LogP contribution in [0.4, 0.5) is 0 Å². The lowest BCUT2D eigenvalue weighted by Crippen LogP contribution is -2.63. The Morgan fingerprint density at radius 3 is 2.31 bits per heavy atom. The third-order valence-electron chi connectivity index (χ3n) is 8.48. The summed E-state index contributed by atoms with van der Waals surface area (Å²) in [6.45, 7) is 5.23. The molecule has 5 N–H and O–H groups in total. The van der Waals surface area contributed by atoms with Gasteiger partial charge in [-0.2, -0.15) is 0 Å². The molecule has 226 valence electrons. The van der Waals surface area contributed by atoms with Crippen LogP contribution in [0.3, 0.4) is 0 Å².